The van der Waals surface area contributed by atoms with E-state index in [0.29, 0.717) is 6.42 Å². The lowest BCUT2D eigenvalue weighted by atomic mass is 10.2. The highest BCUT2D eigenvalue weighted by atomic mass is 32.2. The smallest absolute Gasteiger partial charge is 0.307 e. The molecule has 0 fully saturated rings. The first kappa shape index (κ1) is 13.0. The van der Waals surface area contributed by atoms with Crippen molar-refractivity contribution in [2.75, 3.05) is 5.75 Å². The number of ether oxygens (including phenoxy) is 1. The van der Waals surface area contributed by atoms with Gasteiger partial charge in [0.2, 0.25) is 0 Å². The average molecular weight is 239 g/mol. The van der Waals surface area contributed by atoms with Crippen molar-refractivity contribution in [1.29, 1.82) is 0 Å². The Hall–Kier alpha value is -1.03. The maximum atomic E-state index is 11.4. The minimum Gasteiger partial charge on any atom is -0.460 e. The molecule has 1 aromatic heterocycles. The molecule has 0 aliphatic rings. The molecule has 3 nitrogen and oxygen atoms in total. The van der Waals surface area contributed by atoms with Crippen LogP contribution in [0.3, 0.4) is 0 Å². The molecule has 0 aromatic carbocycles. The van der Waals surface area contributed by atoms with Crippen molar-refractivity contribution < 1.29 is 9.53 Å². The summed E-state index contributed by atoms with van der Waals surface area (Å²) in [5.74, 6) is 0.591. The molecule has 4 heteroatoms. The van der Waals surface area contributed by atoms with E-state index in [1.165, 1.54) is 0 Å². The summed E-state index contributed by atoms with van der Waals surface area (Å²) in [6.45, 7) is 5.63. The van der Waals surface area contributed by atoms with E-state index in [-0.39, 0.29) is 5.97 Å². The number of nitrogens with zero attached hydrogens (tertiary/aromatic N) is 1. The highest BCUT2D eigenvalue weighted by Gasteiger charge is 2.15. The van der Waals surface area contributed by atoms with Gasteiger partial charge in [-0.25, -0.2) is 0 Å². The van der Waals surface area contributed by atoms with Gasteiger partial charge in [0.15, 0.2) is 0 Å². The van der Waals surface area contributed by atoms with Crippen LogP contribution in [-0.2, 0) is 9.53 Å². The van der Waals surface area contributed by atoms with Crippen LogP contribution < -0.4 is 0 Å². The molecule has 0 aliphatic carbocycles. The van der Waals surface area contributed by atoms with Crippen molar-refractivity contribution in [2.45, 2.75) is 37.7 Å². The SMILES string of the molecule is CC(C)(C)OC(=O)CCSc1ccncc1. The third kappa shape index (κ3) is 5.75. The molecule has 0 saturated heterocycles. The van der Waals surface area contributed by atoms with Crippen LogP contribution in [0.4, 0.5) is 0 Å². The Bertz CT molecular complexity index is 333. The topological polar surface area (TPSA) is 39.2 Å². The van der Waals surface area contributed by atoms with Gasteiger partial charge < -0.3 is 4.74 Å². The maximum Gasteiger partial charge on any atom is 0.307 e. The molecule has 16 heavy (non-hydrogen) atoms. The van der Waals surface area contributed by atoms with Crippen molar-refractivity contribution in [2.24, 2.45) is 0 Å². The summed E-state index contributed by atoms with van der Waals surface area (Å²) < 4.78 is 5.21. The standard InChI is InChI=1S/C12H17NO2S/c1-12(2,3)15-11(14)6-9-16-10-4-7-13-8-5-10/h4-5,7-8H,6,9H2,1-3H3. The number of thioether (sulfide) groups is 1. The van der Waals surface area contributed by atoms with E-state index in [1.807, 2.05) is 32.9 Å². The third-order valence-corrected chi connectivity index (χ3v) is 2.66. The van der Waals surface area contributed by atoms with Gasteiger partial charge in [-0.2, -0.15) is 0 Å². The molecule has 1 heterocycles. The Morgan fingerprint density at radius 1 is 1.38 bits per heavy atom. The van der Waals surface area contributed by atoms with Crippen molar-refractivity contribution >= 4 is 17.7 Å². The Morgan fingerprint density at radius 2 is 2.00 bits per heavy atom. The van der Waals surface area contributed by atoms with E-state index in [0.717, 1.165) is 10.6 Å². The number of esters is 1. The summed E-state index contributed by atoms with van der Waals surface area (Å²) in [5.41, 5.74) is -0.390. The number of carbonyl (C=O) groups is 1. The van der Waals surface area contributed by atoms with Crippen LogP contribution in [0.5, 0.6) is 0 Å². The van der Waals surface area contributed by atoms with Crippen LogP contribution >= 0.6 is 11.8 Å². The van der Waals surface area contributed by atoms with E-state index in [2.05, 4.69) is 4.98 Å². The fraction of sp³-hybridized carbons (Fsp3) is 0.500. The molecule has 0 amide bonds. The van der Waals surface area contributed by atoms with Gasteiger partial charge in [0.05, 0.1) is 6.42 Å². The molecule has 0 N–H and O–H groups in total. The highest BCUT2D eigenvalue weighted by molar-refractivity contribution is 7.99. The van der Waals surface area contributed by atoms with Gasteiger partial charge in [-0.1, -0.05) is 0 Å². The predicted octanol–water partition coefficient (Wildman–Crippen LogP) is 2.91. The van der Waals surface area contributed by atoms with Gasteiger partial charge in [-0.3, -0.25) is 9.78 Å². The Kier molecular flexibility index (Phi) is 4.80. The van der Waals surface area contributed by atoms with E-state index in [1.54, 1.807) is 24.2 Å². The molecule has 88 valence electrons. The van der Waals surface area contributed by atoms with Crippen molar-refractivity contribution in [3.8, 4) is 0 Å². The Morgan fingerprint density at radius 3 is 2.56 bits per heavy atom. The van der Waals surface area contributed by atoms with Gasteiger partial charge in [-0.15, -0.1) is 11.8 Å². The molecule has 0 saturated carbocycles. The molecule has 0 aliphatic heterocycles. The fourth-order valence-electron chi connectivity index (χ4n) is 1.08. The van der Waals surface area contributed by atoms with Crippen LogP contribution in [0.15, 0.2) is 29.4 Å². The van der Waals surface area contributed by atoms with Crippen molar-refractivity contribution in [1.82, 2.24) is 4.98 Å². The quantitative estimate of drug-likeness (QED) is 0.598. The zero-order chi connectivity index (χ0) is 12.0. The van der Waals surface area contributed by atoms with E-state index < -0.39 is 5.60 Å². The van der Waals surface area contributed by atoms with Gasteiger partial charge in [0.25, 0.3) is 0 Å². The van der Waals surface area contributed by atoms with Crippen LogP contribution in [0.25, 0.3) is 0 Å². The molecule has 0 spiro atoms. The largest absolute Gasteiger partial charge is 0.460 e. The van der Waals surface area contributed by atoms with E-state index in [9.17, 15) is 4.79 Å². The second kappa shape index (κ2) is 5.89. The van der Waals surface area contributed by atoms with Crippen molar-refractivity contribution in [3.63, 3.8) is 0 Å². The summed E-state index contributed by atoms with van der Waals surface area (Å²) >= 11 is 1.63. The summed E-state index contributed by atoms with van der Waals surface area (Å²) in [6.07, 6.45) is 3.93. The molecule has 0 radical (unpaired) electrons. The second-order valence-corrected chi connectivity index (χ2v) is 5.54. The first-order valence-electron chi connectivity index (χ1n) is 5.22. The van der Waals surface area contributed by atoms with E-state index >= 15 is 0 Å². The fourth-order valence-corrected chi connectivity index (χ4v) is 1.90. The predicted molar refractivity (Wildman–Crippen MR) is 65.4 cm³/mol. The highest BCUT2D eigenvalue weighted by Crippen LogP contribution is 2.18. The zero-order valence-corrected chi connectivity index (χ0v) is 10.7. The normalized spacial score (nSPS) is 11.2. The van der Waals surface area contributed by atoms with Crippen molar-refractivity contribution in [3.05, 3.63) is 24.5 Å². The summed E-state index contributed by atoms with van der Waals surface area (Å²) in [4.78, 5) is 16.5. The molecular formula is C12H17NO2S. The lowest BCUT2D eigenvalue weighted by Gasteiger charge is -2.19. The third-order valence-electron chi connectivity index (χ3n) is 1.64. The first-order chi connectivity index (χ1) is 7.47. The Labute approximate surface area is 101 Å². The zero-order valence-electron chi connectivity index (χ0n) is 9.90. The van der Waals surface area contributed by atoms with Crippen LogP contribution in [0.1, 0.15) is 27.2 Å². The molecule has 0 bridgehead atoms. The summed E-state index contributed by atoms with van der Waals surface area (Å²) in [6, 6.07) is 3.86. The minimum absolute atomic E-state index is 0.144. The first-order valence-corrected chi connectivity index (χ1v) is 6.20. The number of rotatable bonds is 4. The summed E-state index contributed by atoms with van der Waals surface area (Å²) in [7, 11) is 0. The Balaban J connectivity index is 2.24. The molecule has 1 aromatic rings. The average Bonchev–Trinajstić information content (AvgIpc) is 2.16. The number of carbonyl (C=O) groups excluding carboxylic acids is 1. The second-order valence-electron chi connectivity index (χ2n) is 4.37. The molecule has 0 unspecified atom stereocenters. The number of pyridine rings is 1. The number of aromatic nitrogens is 1. The van der Waals surface area contributed by atoms with Gasteiger partial charge in [0.1, 0.15) is 5.60 Å². The number of hydrogen-bond donors (Lipinski definition) is 0. The molecule has 1 rings (SSSR count). The van der Waals surface area contributed by atoms with Gasteiger partial charge >= 0.3 is 5.97 Å². The van der Waals surface area contributed by atoms with Gasteiger partial charge in [0, 0.05) is 23.0 Å². The monoisotopic (exact) mass is 239 g/mol. The lowest BCUT2D eigenvalue weighted by Crippen LogP contribution is -2.23. The van der Waals surface area contributed by atoms with Crippen LogP contribution in [0, 0.1) is 0 Å². The lowest BCUT2D eigenvalue weighted by molar-refractivity contribution is -0.154. The van der Waals surface area contributed by atoms with Crippen LogP contribution in [0.2, 0.25) is 0 Å². The van der Waals surface area contributed by atoms with Gasteiger partial charge in [-0.05, 0) is 32.9 Å². The molecular weight excluding hydrogens is 222 g/mol. The maximum absolute atomic E-state index is 11.4. The molecule has 0 atom stereocenters. The van der Waals surface area contributed by atoms with E-state index in [4.69, 9.17) is 4.74 Å². The van der Waals surface area contributed by atoms with Crippen LogP contribution in [-0.4, -0.2) is 22.3 Å². The summed E-state index contributed by atoms with van der Waals surface area (Å²) in [5, 5.41) is 0. The minimum atomic E-state index is -0.390. The number of hydrogen-bond acceptors (Lipinski definition) is 4.